The maximum atomic E-state index is 11.8. The molecule has 1 heterocycles. The largest absolute Gasteiger partial charge is 0.459 e. The number of amides is 2. The van der Waals surface area contributed by atoms with Crippen molar-refractivity contribution in [1.82, 2.24) is 5.32 Å². The average molecular weight is 291 g/mol. The quantitative estimate of drug-likeness (QED) is 0.846. The molecule has 2 amide bonds. The molecule has 1 aromatic carbocycles. The van der Waals surface area contributed by atoms with Crippen LogP contribution in [-0.2, 0) is 4.79 Å². The van der Waals surface area contributed by atoms with E-state index in [1.807, 2.05) is 0 Å². The molecule has 0 bridgehead atoms. The zero-order chi connectivity index (χ0) is 14.5. The van der Waals surface area contributed by atoms with Crippen LogP contribution in [0.2, 0.25) is 5.02 Å². The number of halogens is 1. The van der Waals surface area contributed by atoms with E-state index in [-0.39, 0.29) is 11.5 Å². The minimum Gasteiger partial charge on any atom is -0.459 e. The van der Waals surface area contributed by atoms with Gasteiger partial charge >= 0.3 is 0 Å². The van der Waals surface area contributed by atoms with Gasteiger partial charge in [0.2, 0.25) is 0 Å². The third-order valence-corrected chi connectivity index (χ3v) is 2.69. The first-order chi connectivity index (χ1) is 9.56. The molecule has 1 aromatic heterocycles. The first kappa shape index (κ1) is 13.9. The molecule has 2 aromatic rings. The van der Waals surface area contributed by atoms with Gasteiger partial charge in [0.1, 0.15) is 5.70 Å². The third kappa shape index (κ3) is 3.49. The lowest BCUT2D eigenvalue weighted by Crippen LogP contribution is -2.30. The number of benzene rings is 1. The van der Waals surface area contributed by atoms with Crippen molar-refractivity contribution in [1.29, 1.82) is 0 Å². The average Bonchev–Trinajstić information content (AvgIpc) is 2.94. The van der Waals surface area contributed by atoms with Crippen molar-refractivity contribution in [2.45, 2.75) is 0 Å². The lowest BCUT2D eigenvalue weighted by molar-refractivity contribution is -0.114. The Labute approximate surface area is 120 Å². The molecule has 20 heavy (non-hydrogen) atoms. The Bertz CT molecular complexity index is 646. The van der Waals surface area contributed by atoms with Gasteiger partial charge in [-0.25, -0.2) is 0 Å². The van der Waals surface area contributed by atoms with Crippen molar-refractivity contribution < 1.29 is 14.0 Å². The predicted octanol–water partition coefficient (Wildman–Crippen LogP) is 2.19. The Morgan fingerprint density at radius 3 is 2.45 bits per heavy atom. The molecular weight excluding hydrogens is 280 g/mol. The Morgan fingerprint density at radius 1 is 1.20 bits per heavy atom. The second kappa shape index (κ2) is 6.08. The van der Waals surface area contributed by atoms with E-state index in [1.165, 1.54) is 18.4 Å². The highest BCUT2D eigenvalue weighted by molar-refractivity contribution is 6.30. The maximum Gasteiger partial charge on any atom is 0.291 e. The van der Waals surface area contributed by atoms with E-state index < -0.39 is 11.8 Å². The van der Waals surface area contributed by atoms with Crippen molar-refractivity contribution >= 4 is 29.5 Å². The van der Waals surface area contributed by atoms with Crippen LogP contribution in [0.15, 0.2) is 52.8 Å². The summed E-state index contributed by atoms with van der Waals surface area (Å²) in [6, 6.07) is 9.79. The molecule has 0 atom stereocenters. The first-order valence-electron chi connectivity index (χ1n) is 5.68. The molecule has 2 rings (SSSR count). The van der Waals surface area contributed by atoms with Gasteiger partial charge in [0, 0.05) is 5.02 Å². The summed E-state index contributed by atoms with van der Waals surface area (Å²) in [5.74, 6) is -1.21. The number of carbonyl (C=O) groups is 2. The highest BCUT2D eigenvalue weighted by Gasteiger charge is 2.13. The van der Waals surface area contributed by atoms with Gasteiger partial charge in [-0.15, -0.1) is 0 Å². The molecule has 6 heteroatoms. The van der Waals surface area contributed by atoms with Crippen LogP contribution in [0.4, 0.5) is 0 Å². The number of primary amides is 1. The Balaban J connectivity index is 2.21. The Morgan fingerprint density at radius 2 is 1.90 bits per heavy atom. The number of nitrogens with one attached hydrogen (secondary N) is 1. The van der Waals surface area contributed by atoms with E-state index in [2.05, 4.69) is 5.32 Å². The summed E-state index contributed by atoms with van der Waals surface area (Å²) < 4.78 is 4.93. The number of hydrogen-bond acceptors (Lipinski definition) is 3. The van der Waals surface area contributed by atoms with E-state index in [1.54, 1.807) is 30.3 Å². The third-order valence-electron chi connectivity index (χ3n) is 2.44. The first-order valence-corrected chi connectivity index (χ1v) is 6.06. The number of hydrogen-bond donors (Lipinski definition) is 2. The van der Waals surface area contributed by atoms with Crippen LogP contribution in [0.1, 0.15) is 16.1 Å². The maximum absolute atomic E-state index is 11.8. The van der Waals surface area contributed by atoms with Crippen LogP contribution in [0.5, 0.6) is 0 Å². The van der Waals surface area contributed by atoms with Gasteiger partial charge in [0.25, 0.3) is 11.8 Å². The minimum absolute atomic E-state index is 0.0336. The SMILES string of the molecule is NC(=O)/C(=C/c1ccc(Cl)cc1)NC(=O)c1ccco1. The van der Waals surface area contributed by atoms with Crippen LogP contribution in [0.3, 0.4) is 0 Å². The molecule has 5 nitrogen and oxygen atoms in total. The predicted molar refractivity (Wildman–Crippen MR) is 74.8 cm³/mol. The zero-order valence-corrected chi connectivity index (χ0v) is 11.1. The van der Waals surface area contributed by atoms with E-state index in [4.69, 9.17) is 21.8 Å². The fraction of sp³-hybridized carbons (Fsp3) is 0. The van der Waals surface area contributed by atoms with Crippen LogP contribution in [0.25, 0.3) is 6.08 Å². The second-order valence-electron chi connectivity index (χ2n) is 3.91. The van der Waals surface area contributed by atoms with E-state index in [9.17, 15) is 9.59 Å². The van der Waals surface area contributed by atoms with E-state index >= 15 is 0 Å². The van der Waals surface area contributed by atoms with Gasteiger partial charge in [-0.05, 0) is 35.9 Å². The topological polar surface area (TPSA) is 85.3 Å². The van der Waals surface area contributed by atoms with Gasteiger partial charge in [-0.2, -0.15) is 0 Å². The summed E-state index contributed by atoms with van der Waals surface area (Å²) in [5.41, 5.74) is 5.89. The summed E-state index contributed by atoms with van der Waals surface area (Å²) in [5, 5.41) is 2.97. The Hall–Kier alpha value is -2.53. The highest BCUT2D eigenvalue weighted by Crippen LogP contribution is 2.12. The molecule has 0 saturated heterocycles. The molecule has 0 spiro atoms. The molecule has 0 radical (unpaired) electrons. The molecule has 0 aliphatic heterocycles. The van der Waals surface area contributed by atoms with Crippen molar-refractivity contribution in [2.24, 2.45) is 5.73 Å². The van der Waals surface area contributed by atoms with Crippen molar-refractivity contribution in [2.75, 3.05) is 0 Å². The van der Waals surface area contributed by atoms with E-state index in [0.29, 0.717) is 10.6 Å². The van der Waals surface area contributed by atoms with Crippen molar-refractivity contribution in [3.63, 3.8) is 0 Å². The van der Waals surface area contributed by atoms with Gasteiger partial charge in [-0.3, -0.25) is 9.59 Å². The molecule has 3 N–H and O–H groups in total. The minimum atomic E-state index is -0.750. The zero-order valence-electron chi connectivity index (χ0n) is 10.3. The smallest absolute Gasteiger partial charge is 0.291 e. The summed E-state index contributed by atoms with van der Waals surface area (Å²) in [7, 11) is 0. The fourth-order valence-electron chi connectivity index (χ4n) is 1.49. The summed E-state index contributed by atoms with van der Waals surface area (Å²) >= 11 is 5.77. The van der Waals surface area contributed by atoms with Gasteiger partial charge in [0.05, 0.1) is 6.26 Å². The number of nitrogens with two attached hydrogens (primary N) is 1. The van der Waals surface area contributed by atoms with Crippen molar-refractivity contribution in [3.8, 4) is 0 Å². The molecule has 0 unspecified atom stereocenters. The number of furan rings is 1. The number of rotatable bonds is 4. The number of carbonyl (C=O) groups excluding carboxylic acids is 2. The second-order valence-corrected chi connectivity index (χ2v) is 4.34. The Kier molecular flexibility index (Phi) is 4.22. The normalized spacial score (nSPS) is 11.2. The lowest BCUT2D eigenvalue weighted by Gasteiger charge is -2.05. The van der Waals surface area contributed by atoms with Crippen LogP contribution < -0.4 is 11.1 Å². The molecule has 0 aliphatic carbocycles. The summed E-state index contributed by atoms with van der Waals surface area (Å²) in [6.07, 6.45) is 2.82. The monoisotopic (exact) mass is 290 g/mol. The molecule has 0 fully saturated rings. The molecule has 102 valence electrons. The summed E-state index contributed by atoms with van der Waals surface area (Å²) in [6.45, 7) is 0. The van der Waals surface area contributed by atoms with Gasteiger partial charge in [0.15, 0.2) is 5.76 Å². The van der Waals surface area contributed by atoms with Crippen LogP contribution >= 0.6 is 11.6 Å². The van der Waals surface area contributed by atoms with Crippen LogP contribution in [0, 0.1) is 0 Å². The molecule has 0 aliphatic rings. The molecule has 0 saturated carbocycles. The summed E-state index contributed by atoms with van der Waals surface area (Å²) in [4.78, 5) is 23.1. The fourth-order valence-corrected chi connectivity index (χ4v) is 1.61. The highest BCUT2D eigenvalue weighted by atomic mass is 35.5. The van der Waals surface area contributed by atoms with Crippen molar-refractivity contribution in [3.05, 3.63) is 64.7 Å². The van der Waals surface area contributed by atoms with Gasteiger partial charge < -0.3 is 15.5 Å². The molecular formula is C14H11ClN2O3. The lowest BCUT2D eigenvalue weighted by atomic mass is 10.2. The van der Waals surface area contributed by atoms with Gasteiger partial charge in [-0.1, -0.05) is 23.7 Å². The standard InChI is InChI=1S/C14H11ClN2O3/c15-10-5-3-9(4-6-10)8-11(13(16)18)17-14(19)12-2-1-7-20-12/h1-8H,(H2,16,18)(H,17,19)/b11-8-. The van der Waals surface area contributed by atoms with Crippen LogP contribution in [-0.4, -0.2) is 11.8 Å². The van der Waals surface area contributed by atoms with E-state index in [0.717, 1.165) is 0 Å².